The zero-order valence-corrected chi connectivity index (χ0v) is 15.6. The van der Waals surface area contributed by atoms with Crippen LogP contribution in [-0.2, 0) is 4.79 Å². The summed E-state index contributed by atoms with van der Waals surface area (Å²) in [6.07, 6.45) is 0. The first-order valence-corrected chi connectivity index (χ1v) is 8.66. The van der Waals surface area contributed by atoms with Gasteiger partial charge < -0.3 is 10.1 Å². The Hall–Kier alpha value is -2.64. The van der Waals surface area contributed by atoms with Crippen molar-refractivity contribution >= 4 is 55.6 Å². The fraction of sp³-hybridized carbons (Fsp3) is 0.0556. The Morgan fingerprint density at radius 1 is 1.19 bits per heavy atom. The van der Waals surface area contributed by atoms with Gasteiger partial charge in [0.2, 0.25) is 0 Å². The normalized spacial score (nSPS) is 10.5. The molecule has 0 heterocycles. The van der Waals surface area contributed by atoms with Gasteiger partial charge in [-0.2, -0.15) is 0 Å². The second-order valence-corrected chi connectivity index (χ2v) is 6.56. The lowest BCUT2D eigenvalue weighted by atomic mass is 10.1. The van der Waals surface area contributed by atoms with E-state index in [4.69, 9.17) is 16.3 Å². The highest BCUT2D eigenvalue weighted by molar-refractivity contribution is 9.10. The van der Waals surface area contributed by atoms with Crippen LogP contribution in [0.3, 0.4) is 0 Å². The van der Waals surface area contributed by atoms with Gasteiger partial charge in [0.1, 0.15) is 5.75 Å². The first-order valence-electron chi connectivity index (χ1n) is 7.49. The number of rotatable bonds is 5. The number of non-ortho nitro benzene ring substituents is 1. The molecule has 3 aromatic carbocycles. The molecule has 0 aliphatic rings. The van der Waals surface area contributed by atoms with E-state index >= 15 is 0 Å². The molecule has 1 N–H and O–H groups in total. The van der Waals surface area contributed by atoms with Crippen molar-refractivity contribution < 1.29 is 14.5 Å². The number of anilines is 1. The summed E-state index contributed by atoms with van der Waals surface area (Å²) in [5.41, 5.74) is -0.00469. The quantitative estimate of drug-likeness (QED) is 0.442. The number of nitro groups is 1. The highest BCUT2D eigenvalue weighted by atomic mass is 79.9. The lowest BCUT2D eigenvalue weighted by Gasteiger charge is -2.11. The highest BCUT2D eigenvalue weighted by Gasteiger charge is 2.13. The van der Waals surface area contributed by atoms with E-state index in [0.29, 0.717) is 5.75 Å². The van der Waals surface area contributed by atoms with Crippen molar-refractivity contribution in [3.05, 3.63) is 74.2 Å². The van der Waals surface area contributed by atoms with Crippen molar-refractivity contribution in [1.82, 2.24) is 0 Å². The fourth-order valence-electron chi connectivity index (χ4n) is 2.38. The average molecular weight is 436 g/mol. The number of nitrogens with zero attached hydrogens (tertiary/aromatic N) is 1. The van der Waals surface area contributed by atoms with Crippen molar-refractivity contribution in [2.24, 2.45) is 0 Å². The van der Waals surface area contributed by atoms with E-state index in [9.17, 15) is 14.9 Å². The summed E-state index contributed by atoms with van der Waals surface area (Å²) < 4.78 is 6.31. The number of nitro benzene ring substituents is 1. The predicted molar refractivity (Wildman–Crippen MR) is 104 cm³/mol. The number of carbonyl (C=O) groups excluding carboxylic acids is 1. The molecule has 0 bridgehead atoms. The Bertz CT molecular complexity index is 1010. The summed E-state index contributed by atoms with van der Waals surface area (Å²) in [6, 6.07) is 15.2. The molecular formula is C18H12BrClN2O4. The number of hydrogen-bond donors (Lipinski definition) is 1. The van der Waals surface area contributed by atoms with Crippen LogP contribution in [0.4, 0.5) is 11.4 Å². The summed E-state index contributed by atoms with van der Waals surface area (Å²) in [5, 5.41) is 15.6. The molecule has 0 aliphatic carbocycles. The molecule has 26 heavy (non-hydrogen) atoms. The van der Waals surface area contributed by atoms with Gasteiger partial charge in [-0.3, -0.25) is 14.9 Å². The maximum Gasteiger partial charge on any atom is 0.271 e. The minimum atomic E-state index is -0.561. The second kappa shape index (κ2) is 7.72. The molecule has 8 heteroatoms. The summed E-state index contributed by atoms with van der Waals surface area (Å²) in [6.45, 7) is -0.268. The van der Waals surface area contributed by atoms with Crippen LogP contribution in [0.5, 0.6) is 5.75 Å². The largest absolute Gasteiger partial charge is 0.483 e. The van der Waals surface area contributed by atoms with E-state index in [1.807, 2.05) is 30.3 Å². The van der Waals surface area contributed by atoms with Gasteiger partial charge in [0.25, 0.3) is 11.6 Å². The van der Waals surface area contributed by atoms with E-state index in [0.717, 1.165) is 15.2 Å². The maximum atomic E-state index is 12.1. The third kappa shape index (κ3) is 3.95. The number of ether oxygens (including phenoxy) is 1. The molecule has 3 rings (SSSR count). The number of fused-ring (bicyclic) bond motifs is 1. The number of carbonyl (C=O) groups is 1. The van der Waals surface area contributed by atoms with Crippen LogP contribution in [0.1, 0.15) is 0 Å². The second-order valence-electron chi connectivity index (χ2n) is 5.36. The Kier molecular flexibility index (Phi) is 5.39. The predicted octanol–water partition coefficient (Wildman–Crippen LogP) is 5.18. The topological polar surface area (TPSA) is 81.5 Å². The zero-order chi connectivity index (χ0) is 18.7. The molecular weight excluding hydrogens is 424 g/mol. The van der Waals surface area contributed by atoms with Crippen molar-refractivity contribution in [3.8, 4) is 5.75 Å². The molecule has 1 amide bonds. The molecule has 0 atom stereocenters. The van der Waals surface area contributed by atoms with E-state index in [1.54, 1.807) is 6.07 Å². The maximum absolute atomic E-state index is 12.1. The third-order valence-electron chi connectivity index (χ3n) is 3.62. The minimum absolute atomic E-state index is 0.159. The fourth-order valence-corrected chi connectivity index (χ4v) is 3.15. The van der Waals surface area contributed by atoms with Crippen molar-refractivity contribution in [1.29, 1.82) is 0 Å². The molecule has 0 unspecified atom stereocenters. The minimum Gasteiger partial charge on any atom is -0.483 e. The van der Waals surface area contributed by atoms with Gasteiger partial charge in [-0.25, -0.2) is 0 Å². The van der Waals surface area contributed by atoms with Crippen LogP contribution in [-0.4, -0.2) is 17.4 Å². The Labute approximate surface area is 162 Å². The molecule has 0 radical (unpaired) electrons. The van der Waals surface area contributed by atoms with Gasteiger partial charge >= 0.3 is 0 Å². The molecule has 0 saturated carbocycles. The van der Waals surface area contributed by atoms with Crippen molar-refractivity contribution in [3.63, 3.8) is 0 Å². The number of halogens is 2. The van der Waals surface area contributed by atoms with Gasteiger partial charge in [0.15, 0.2) is 6.61 Å². The molecule has 0 fully saturated rings. The van der Waals surface area contributed by atoms with Gasteiger partial charge in [-0.05, 0) is 38.8 Å². The molecule has 0 aromatic heterocycles. The third-order valence-corrected chi connectivity index (χ3v) is 4.77. The summed E-state index contributed by atoms with van der Waals surface area (Å²) in [4.78, 5) is 22.4. The van der Waals surface area contributed by atoms with E-state index in [1.165, 1.54) is 18.2 Å². The zero-order valence-electron chi connectivity index (χ0n) is 13.2. The number of amides is 1. The van der Waals surface area contributed by atoms with E-state index in [-0.39, 0.29) is 23.0 Å². The summed E-state index contributed by atoms with van der Waals surface area (Å²) >= 11 is 9.45. The summed E-state index contributed by atoms with van der Waals surface area (Å²) in [7, 11) is 0. The van der Waals surface area contributed by atoms with E-state index in [2.05, 4.69) is 21.2 Å². The van der Waals surface area contributed by atoms with Gasteiger partial charge in [-0.1, -0.05) is 41.9 Å². The van der Waals surface area contributed by atoms with Crippen molar-refractivity contribution in [2.75, 3.05) is 11.9 Å². The monoisotopic (exact) mass is 434 g/mol. The van der Waals surface area contributed by atoms with Crippen LogP contribution in [0.25, 0.3) is 10.8 Å². The molecule has 3 aromatic rings. The number of nitrogens with one attached hydrogen (secondary N) is 1. The summed E-state index contributed by atoms with van der Waals surface area (Å²) in [5.74, 6) is 0.0384. The van der Waals surface area contributed by atoms with Crippen LogP contribution < -0.4 is 10.1 Å². The van der Waals surface area contributed by atoms with Crippen LogP contribution >= 0.6 is 27.5 Å². The highest BCUT2D eigenvalue weighted by Crippen LogP contribution is 2.33. The smallest absolute Gasteiger partial charge is 0.271 e. The lowest BCUT2D eigenvalue weighted by molar-refractivity contribution is -0.384. The average Bonchev–Trinajstić information content (AvgIpc) is 2.63. The molecule has 132 valence electrons. The lowest BCUT2D eigenvalue weighted by Crippen LogP contribution is -2.20. The van der Waals surface area contributed by atoms with Gasteiger partial charge in [0, 0.05) is 12.1 Å². The Morgan fingerprint density at radius 2 is 1.96 bits per heavy atom. The number of benzene rings is 3. The Morgan fingerprint density at radius 3 is 2.73 bits per heavy atom. The first kappa shape index (κ1) is 18.2. The van der Waals surface area contributed by atoms with Crippen LogP contribution in [0.15, 0.2) is 59.1 Å². The van der Waals surface area contributed by atoms with Gasteiger partial charge in [-0.15, -0.1) is 0 Å². The number of hydrogen-bond acceptors (Lipinski definition) is 4. The Balaban J connectivity index is 1.71. The molecule has 0 saturated heterocycles. The SMILES string of the molecule is O=C(COc1ccc2ccccc2c1Br)Nc1cc([N+](=O)[O-])ccc1Cl. The van der Waals surface area contributed by atoms with Crippen LogP contribution in [0, 0.1) is 10.1 Å². The van der Waals surface area contributed by atoms with Crippen molar-refractivity contribution in [2.45, 2.75) is 0 Å². The first-order chi connectivity index (χ1) is 12.5. The van der Waals surface area contributed by atoms with Crippen LogP contribution in [0.2, 0.25) is 5.02 Å². The standard InChI is InChI=1S/C18H12BrClN2O4/c19-18-13-4-2-1-3-11(13)5-8-16(18)26-10-17(23)21-15-9-12(22(24)25)6-7-14(15)20/h1-9H,10H2,(H,21,23). The molecule has 0 spiro atoms. The molecule has 6 nitrogen and oxygen atoms in total. The van der Waals surface area contributed by atoms with E-state index < -0.39 is 10.8 Å². The van der Waals surface area contributed by atoms with Gasteiger partial charge in [0.05, 0.1) is 20.1 Å². The molecule has 0 aliphatic heterocycles.